The Morgan fingerprint density at radius 1 is 1.00 bits per heavy atom. The fourth-order valence-electron chi connectivity index (χ4n) is 1.51. The Kier molecular flexibility index (Phi) is 5.06. The molecule has 0 saturated heterocycles. The number of hydrogen-bond donors (Lipinski definition) is 0. The Morgan fingerprint density at radius 3 is 2.00 bits per heavy atom. The average molecular weight is 321 g/mol. The van der Waals surface area contributed by atoms with E-state index in [1.165, 1.54) is 0 Å². The second-order valence-corrected chi connectivity index (χ2v) is 5.98. The molecule has 4 nitrogen and oxygen atoms in total. The maximum absolute atomic E-state index is 11.3. The summed E-state index contributed by atoms with van der Waals surface area (Å²) in [5, 5.41) is 0.757. The van der Waals surface area contributed by atoms with Crippen LogP contribution in [0.4, 0.5) is 0 Å². The fourth-order valence-corrected chi connectivity index (χ4v) is 1.71. The van der Waals surface area contributed by atoms with Crippen LogP contribution in [0.3, 0.4) is 0 Å². The van der Waals surface area contributed by atoms with E-state index in [4.69, 9.17) is 21.2 Å². The lowest BCUT2D eigenvalue weighted by atomic mass is 10.2. The number of rotatable bonds is 2. The van der Waals surface area contributed by atoms with Crippen molar-refractivity contribution < 1.29 is 19.3 Å². The van der Waals surface area contributed by atoms with Gasteiger partial charge in [-0.3, -0.25) is 4.89 Å². The van der Waals surface area contributed by atoms with Gasteiger partial charge in [0.2, 0.25) is 0 Å². The topological polar surface area (TPSA) is 44.8 Å². The third kappa shape index (κ3) is 4.48. The molecule has 0 unspecified atom stereocenters. The molecule has 2 bridgehead atoms. The molecule has 5 heteroatoms. The zero-order valence-corrected chi connectivity index (χ0v) is 13.4. The Bertz CT molecular complexity index is 627. The van der Waals surface area contributed by atoms with Crippen LogP contribution in [0.1, 0.15) is 31.1 Å². The molecule has 2 aliphatic heterocycles. The molecule has 2 heterocycles. The minimum absolute atomic E-state index is 0.472. The SMILES string of the molecule is CC(C)(C)OOC(=O)c1ccccc1.Clc1c2cccc1O2. The molecule has 2 aromatic carbocycles. The molecule has 116 valence electrons. The van der Waals surface area contributed by atoms with Crippen LogP contribution in [0.2, 0.25) is 5.02 Å². The van der Waals surface area contributed by atoms with Gasteiger partial charge in [0, 0.05) is 0 Å². The van der Waals surface area contributed by atoms with Crippen molar-refractivity contribution >= 4 is 17.6 Å². The quantitative estimate of drug-likeness (QED) is 0.491. The largest absolute Gasteiger partial charge is 0.454 e. The van der Waals surface area contributed by atoms with Gasteiger partial charge in [-0.25, -0.2) is 4.79 Å². The van der Waals surface area contributed by atoms with Crippen molar-refractivity contribution in [1.82, 2.24) is 0 Å². The van der Waals surface area contributed by atoms with Gasteiger partial charge in [-0.05, 0) is 45.0 Å². The first-order valence-corrected chi connectivity index (χ1v) is 7.16. The van der Waals surface area contributed by atoms with Gasteiger partial charge in [-0.15, -0.1) is 0 Å². The summed E-state index contributed by atoms with van der Waals surface area (Å²) in [7, 11) is 0. The lowest BCUT2D eigenvalue weighted by Gasteiger charge is -2.18. The zero-order chi connectivity index (χ0) is 16.2. The second-order valence-electron chi connectivity index (χ2n) is 5.60. The molecule has 0 aromatic heterocycles. The molecule has 2 aromatic rings. The van der Waals surface area contributed by atoms with E-state index in [1.807, 2.05) is 45.0 Å². The van der Waals surface area contributed by atoms with Gasteiger partial charge in [-0.1, -0.05) is 35.9 Å². The van der Waals surface area contributed by atoms with Gasteiger partial charge in [0.25, 0.3) is 0 Å². The predicted octanol–water partition coefficient (Wildman–Crippen LogP) is 5.02. The summed E-state index contributed by atoms with van der Waals surface area (Å²) in [6.07, 6.45) is 0. The molecule has 0 radical (unpaired) electrons. The Hall–Kier alpha value is -2.04. The molecule has 0 N–H and O–H groups in total. The summed E-state index contributed by atoms with van der Waals surface area (Å²) in [6.45, 7) is 5.43. The van der Waals surface area contributed by atoms with Crippen LogP contribution in [-0.2, 0) is 9.78 Å². The van der Waals surface area contributed by atoms with Crippen molar-refractivity contribution in [3.63, 3.8) is 0 Å². The van der Waals surface area contributed by atoms with Crippen LogP contribution >= 0.6 is 11.6 Å². The molecule has 0 saturated carbocycles. The second kappa shape index (κ2) is 6.81. The van der Waals surface area contributed by atoms with E-state index in [2.05, 4.69) is 4.89 Å². The monoisotopic (exact) mass is 320 g/mol. The van der Waals surface area contributed by atoms with Gasteiger partial charge >= 0.3 is 5.97 Å². The van der Waals surface area contributed by atoms with Gasteiger partial charge in [-0.2, -0.15) is 4.89 Å². The molecule has 4 rings (SSSR count). The molecular formula is C17H17ClO4. The molecule has 2 aliphatic rings. The maximum atomic E-state index is 11.3. The number of hydrogen-bond acceptors (Lipinski definition) is 4. The summed E-state index contributed by atoms with van der Waals surface area (Å²) < 4.78 is 5.01. The Labute approximate surface area is 134 Å². The van der Waals surface area contributed by atoms with E-state index >= 15 is 0 Å². The highest BCUT2D eigenvalue weighted by molar-refractivity contribution is 6.34. The van der Waals surface area contributed by atoms with Crippen LogP contribution in [-0.4, -0.2) is 11.6 Å². The highest BCUT2D eigenvalue weighted by Crippen LogP contribution is 2.45. The van der Waals surface area contributed by atoms with Crippen LogP contribution in [0.25, 0.3) is 0 Å². The van der Waals surface area contributed by atoms with Crippen LogP contribution in [0.5, 0.6) is 11.5 Å². The van der Waals surface area contributed by atoms with Gasteiger partial charge in [0.05, 0.1) is 5.56 Å². The normalized spacial score (nSPS) is 11.5. The van der Waals surface area contributed by atoms with E-state index in [-0.39, 0.29) is 0 Å². The summed E-state index contributed by atoms with van der Waals surface area (Å²) in [5.41, 5.74) is 0.00140. The molecule has 22 heavy (non-hydrogen) atoms. The summed E-state index contributed by atoms with van der Waals surface area (Å²) >= 11 is 5.65. The molecule has 0 spiro atoms. The van der Waals surface area contributed by atoms with Crippen molar-refractivity contribution in [2.75, 3.05) is 0 Å². The smallest absolute Gasteiger partial charge is 0.373 e. The van der Waals surface area contributed by atoms with E-state index in [9.17, 15) is 4.79 Å². The van der Waals surface area contributed by atoms with Gasteiger partial charge in [0.15, 0.2) is 0 Å². The molecule has 0 fully saturated rings. The lowest BCUT2D eigenvalue weighted by Crippen LogP contribution is -2.21. The summed E-state index contributed by atoms with van der Waals surface area (Å²) in [5.74, 6) is 1.12. The zero-order valence-electron chi connectivity index (χ0n) is 12.6. The highest BCUT2D eigenvalue weighted by atomic mass is 35.5. The minimum atomic E-state index is -0.482. The number of ether oxygens (including phenoxy) is 1. The minimum Gasteiger partial charge on any atom is -0.454 e. The van der Waals surface area contributed by atoms with E-state index in [1.54, 1.807) is 24.3 Å². The van der Waals surface area contributed by atoms with E-state index in [0.29, 0.717) is 5.56 Å². The number of fused-ring (bicyclic) bond motifs is 2. The molecule has 0 atom stereocenters. The molecular weight excluding hydrogens is 304 g/mol. The van der Waals surface area contributed by atoms with Crippen molar-refractivity contribution in [3.8, 4) is 11.5 Å². The first-order valence-electron chi connectivity index (χ1n) is 6.78. The average Bonchev–Trinajstić information content (AvgIpc) is 2.53. The number of carbonyl (C=O) groups is 1. The molecule has 0 amide bonds. The van der Waals surface area contributed by atoms with Crippen LogP contribution < -0.4 is 4.74 Å². The van der Waals surface area contributed by atoms with E-state index in [0.717, 1.165) is 16.5 Å². The summed E-state index contributed by atoms with van der Waals surface area (Å²) in [4.78, 5) is 20.9. The van der Waals surface area contributed by atoms with Crippen LogP contribution in [0.15, 0.2) is 48.5 Å². The Morgan fingerprint density at radius 2 is 1.59 bits per heavy atom. The van der Waals surface area contributed by atoms with Gasteiger partial charge < -0.3 is 4.74 Å². The number of benzene rings is 2. The highest BCUT2D eigenvalue weighted by Gasteiger charge is 2.18. The Balaban J connectivity index is 0.000000183. The third-order valence-electron chi connectivity index (χ3n) is 2.52. The summed E-state index contributed by atoms with van der Waals surface area (Å²) in [6, 6.07) is 14.3. The lowest BCUT2D eigenvalue weighted by molar-refractivity contribution is -0.301. The predicted molar refractivity (Wildman–Crippen MR) is 84.2 cm³/mol. The fraction of sp³-hybridized carbons (Fsp3) is 0.235. The van der Waals surface area contributed by atoms with Crippen molar-refractivity contribution in [3.05, 3.63) is 59.1 Å². The maximum Gasteiger partial charge on any atom is 0.373 e. The first-order chi connectivity index (χ1) is 10.4. The van der Waals surface area contributed by atoms with Crippen molar-refractivity contribution in [2.45, 2.75) is 26.4 Å². The van der Waals surface area contributed by atoms with Crippen LogP contribution in [0, 0.1) is 0 Å². The standard InChI is InChI=1S/C11H14O3.C6H3ClO/c1-11(2,3)14-13-10(12)9-7-5-4-6-8-9;7-6-4-2-1-3-5(6)8-4/h4-8H,1-3H3;1-3H. The number of carbonyl (C=O) groups excluding carboxylic acids is 1. The van der Waals surface area contributed by atoms with Crippen molar-refractivity contribution in [2.24, 2.45) is 0 Å². The van der Waals surface area contributed by atoms with Crippen molar-refractivity contribution in [1.29, 1.82) is 0 Å². The third-order valence-corrected chi connectivity index (χ3v) is 2.90. The van der Waals surface area contributed by atoms with E-state index < -0.39 is 11.6 Å². The molecule has 0 aliphatic carbocycles. The van der Waals surface area contributed by atoms with Gasteiger partial charge in [0.1, 0.15) is 22.1 Å². The number of halogens is 1. The first kappa shape index (κ1) is 16.3.